The number of halogens is 6. The van der Waals surface area contributed by atoms with Crippen LogP contribution in [-0.4, -0.2) is 37.3 Å². The maximum Gasteiger partial charge on any atom is 0.586 e. The highest BCUT2D eigenvalue weighted by Gasteiger charge is 2.44. The Morgan fingerprint density at radius 2 is 1.75 bits per heavy atom. The Morgan fingerprint density at radius 1 is 1.10 bits per heavy atom. The van der Waals surface area contributed by atoms with Gasteiger partial charge in [-0.05, 0) is 48.5 Å². The number of ether oxygens (including phenoxy) is 2. The van der Waals surface area contributed by atoms with E-state index in [1.54, 1.807) is 0 Å². The van der Waals surface area contributed by atoms with E-state index in [-0.39, 0.29) is 45.8 Å². The van der Waals surface area contributed by atoms with Crippen LogP contribution in [0.5, 0.6) is 11.5 Å². The molecule has 3 aromatic rings. The average Bonchev–Trinajstić information content (AvgIpc) is 3.35. The van der Waals surface area contributed by atoms with Crippen molar-refractivity contribution in [3.05, 3.63) is 64.4 Å². The first kappa shape index (κ1) is 29.8. The Kier molecular flexibility index (Phi) is 7.48. The molecule has 2 heterocycles. The number of rotatable bonds is 6. The standard InChI is InChI=1S/C26H27ClF5N3O4Si/c1-24(2,3)40(5,6)37-14-18-21(27)22(25(28,29)30)33-35(18)17-9-7-8-15(12-17)23(36)34(4)16-10-11-19-20(13-16)39-26(31,32)38-19/h7-13H,14H2,1-6H3. The van der Waals surface area contributed by atoms with Crippen LogP contribution >= 0.6 is 11.6 Å². The van der Waals surface area contributed by atoms with Crippen molar-refractivity contribution in [3.8, 4) is 17.2 Å². The molecule has 0 saturated heterocycles. The number of hydrogen-bond acceptors (Lipinski definition) is 5. The number of anilines is 1. The van der Waals surface area contributed by atoms with Crippen molar-refractivity contribution < 1.29 is 40.6 Å². The van der Waals surface area contributed by atoms with Crippen LogP contribution in [0.1, 0.15) is 42.5 Å². The van der Waals surface area contributed by atoms with Crippen molar-refractivity contribution in [2.75, 3.05) is 11.9 Å². The van der Waals surface area contributed by atoms with E-state index in [0.29, 0.717) is 0 Å². The van der Waals surface area contributed by atoms with Gasteiger partial charge in [-0.1, -0.05) is 38.4 Å². The third-order valence-corrected chi connectivity index (χ3v) is 11.9. The molecule has 0 radical (unpaired) electrons. The third-order valence-electron chi connectivity index (χ3n) is 6.98. The largest absolute Gasteiger partial charge is 0.586 e. The fraction of sp³-hybridized carbons (Fsp3) is 0.385. The van der Waals surface area contributed by atoms with Gasteiger partial charge < -0.3 is 18.8 Å². The fourth-order valence-electron chi connectivity index (χ4n) is 3.65. The minimum Gasteiger partial charge on any atom is -0.411 e. The molecule has 0 atom stereocenters. The second-order valence-electron chi connectivity index (χ2n) is 10.8. The van der Waals surface area contributed by atoms with Gasteiger partial charge in [-0.2, -0.15) is 18.3 Å². The first-order chi connectivity index (χ1) is 18.3. The van der Waals surface area contributed by atoms with Crippen LogP contribution < -0.4 is 14.4 Å². The highest BCUT2D eigenvalue weighted by atomic mass is 35.5. The smallest absolute Gasteiger partial charge is 0.411 e. The number of carbonyl (C=O) groups excluding carboxylic acids is 1. The zero-order valence-electron chi connectivity index (χ0n) is 22.5. The van der Waals surface area contributed by atoms with Gasteiger partial charge in [-0.3, -0.25) is 4.79 Å². The molecule has 1 amide bonds. The molecule has 1 aromatic heterocycles. The van der Waals surface area contributed by atoms with E-state index in [9.17, 15) is 26.7 Å². The Labute approximate surface area is 233 Å². The molecule has 0 unspecified atom stereocenters. The van der Waals surface area contributed by atoms with Crippen LogP contribution in [-0.2, 0) is 17.2 Å². The number of hydrogen-bond donors (Lipinski definition) is 0. The number of aromatic nitrogens is 2. The zero-order chi connectivity index (χ0) is 29.8. The highest BCUT2D eigenvalue weighted by Crippen LogP contribution is 2.43. The zero-order valence-corrected chi connectivity index (χ0v) is 24.2. The SMILES string of the molecule is CN(C(=O)c1cccc(-n2nc(C(F)(F)F)c(Cl)c2CO[Si](C)(C)C(C)(C)C)c1)c1ccc2c(c1)OC(F)(F)O2. The van der Waals surface area contributed by atoms with Crippen LogP contribution in [0.2, 0.25) is 23.2 Å². The molecule has 4 rings (SSSR count). The van der Waals surface area contributed by atoms with Crippen molar-refractivity contribution >= 4 is 31.5 Å². The summed E-state index contributed by atoms with van der Waals surface area (Å²) < 4.78 is 84.0. The molecule has 1 aliphatic rings. The van der Waals surface area contributed by atoms with Crippen molar-refractivity contribution in [2.45, 2.75) is 58.0 Å². The maximum absolute atomic E-state index is 13.7. The molecular weight excluding hydrogens is 577 g/mol. The first-order valence-corrected chi connectivity index (χ1v) is 15.4. The summed E-state index contributed by atoms with van der Waals surface area (Å²) >= 11 is 6.19. The monoisotopic (exact) mass is 603 g/mol. The number of benzene rings is 2. The highest BCUT2D eigenvalue weighted by molar-refractivity contribution is 6.74. The number of alkyl halides is 5. The van der Waals surface area contributed by atoms with Gasteiger partial charge in [0, 0.05) is 24.4 Å². The predicted molar refractivity (Wildman–Crippen MR) is 141 cm³/mol. The Morgan fingerprint density at radius 3 is 2.38 bits per heavy atom. The lowest BCUT2D eigenvalue weighted by atomic mass is 10.1. The summed E-state index contributed by atoms with van der Waals surface area (Å²) in [4.78, 5) is 14.5. The van der Waals surface area contributed by atoms with Crippen LogP contribution in [0.3, 0.4) is 0 Å². The Bertz CT molecular complexity index is 1450. The van der Waals surface area contributed by atoms with E-state index in [4.69, 9.17) is 16.0 Å². The van der Waals surface area contributed by atoms with Crippen LogP contribution in [0, 0.1) is 0 Å². The van der Waals surface area contributed by atoms with Gasteiger partial charge in [0.1, 0.15) is 0 Å². The predicted octanol–water partition coefficient (Wildman–Crippen LogP) is 7.66. The lowest BCUT2D eigenvalue weighted by Crippen LogP contribution is -2.40. The molecule has 0 bridgehead atoms. The molecule has 0 spiro atoms. The van der Waals surface area contributed by atoms with Gasteiger partial charge >= 0.3 is 12.5 Å². The molecule has 1 aliphatic heterocycles. The Hall–Kier alpha value is -3.16. The van der Waals surface area contributed by atoms with Crippen molar-refractivity contribution in [1.82, 2.24) is 9.78 Å². The minimum atomic E-state index is -4.82. The number of fused-ring (bicyclic) bond motifs is 1. The quantitative estimate of drug-likeness (QED) is 0.214. The third kappa shape index (κ3) is 5.81. The second kappa shape index (κ2) is 10.0. The molecule has 40 heavy (non-hydrogen) atoms. The maximum atomic E-state index is 13.7. The van der Waals surface area contributed by atoms with E-state index in [1.807, 2.05) is 33.9 Å². The van der Waals surface area contributed by atoms with E-state index < -0.39 is 37.4 Å². The first-order valence-electron chi connectivity index (χ1n) is 12.1. The molecule has 14 heteroatoms. The second-order valence-corrected chi connectivity index (χ2v) is 16.0. The van der Waals surface area contributed by atoms with Gasteiger partial charge in [-0.25, -0.2) is 4.68 Å². The lowest BCUT2D eigenvalue weighted by Gasteiger charge is -2.36. The number of amides is 1. The molecular formula is C26H27ClF5N3O4Si. The molecule has 0 saturated carbocycles. The van der Waals surface area contributed by atoms with Gasteiger partial charge in [-0.15, -0.1) is 8.78 Å². The molecule has 0 fully saturated rings. The average molecular weight is 604 g/mol. The summed E-state index contributed by atoms with van der Waals surface area (Å²) in [6.45, 7) is 9.68. The van der Waals surface area contributed by atoms with Gasteiger partial charge in [0.25, 0.3) is 5.91 Å². The van der Waals surface area contributed by atoms with Crippen LogP contribution in [0.25, 0.3) is 5.69 Å². The molecule has 2 aromatic carbocycles. The summed E-state index contributed by atoms with van der Waals surface area (Å²) in [6, 6.07) is 9.65. The van der Waals surface area contributed by atoms with Gasteiger partial charge in [0.05, 0.1) is 23.0 Å². The van der Waals surface area contributed by atoms with Gasteiger partial charge in [0.15, 0.2) is 25.5 Å². The fourth-order valence-corrected chi connectivity index (χ4v) is 4.86. The number of nitrogens with zero attached hydrogens (tertiary/aromatic N) is 3. The summed E-state index contributed by atoms with van der Waals surface area (Å²) in [5.74, 6) is -0.992. The van der Waals surface area contributed by atoms with E-state index in [2.05, 4.69) is 14.6 Å². The molecule has 0 aliphatic carbocycles. The van der Waals surface area contributed by atoms with Gasteiger partial charge in [0.2, 0.25) is 0 Å². The normalized spacial score (nSPS) is 14.9. The molecule has 0 N–H and O–H groups in total. The summed E-state index contributed by atoms with van der Waals surface area (Å²) in [7, 11) is -0.964. The van der Waals surface area contributed by atoms with Crippen LogP contribution in [0.4, 0.5) is 27.6 Å². The lowest BCUT2D eigenvalue weighted by molar-refractivity contribution is -0.286. The van der Waals surface area contributed by atoms with Crippen LogP contribution in [0.15, 0.2) is 42.5 Å². The van der Waals surface area contributed by atoms with E-state index >= 15 is 0 Å². The number of carbonyl (C=O) groups is 1. The molecule has 216 valence electrons. The Balaban J connectivity index is 1.68. The summed E-state index contributed by atoms with van der Waals surface area (Å²) in [6.07, 6.45) is -8.64. The van der Waals surface area contributed by atoms with Crippen molar-refractivity contribution in [3.63, 3.8) is 0 Å². The van der Waals surface area contributed by atoms with Crippen molar-refractivity contribution in [2.24, 2.45) is 0 Å². The topological polar surface area (TPSA) is 65.8 Å². The van der Waals surface area contributed by atoms with Crippen molar-refractivity contribution in [1.29, 1.82) is 0 Å². The van der Waals surface area contributed by atoms with E-state index in [1.165, 1.54) is 54.4 Å². The molecule has 7 nitrogen and oxygen atoms in total. The minimum absolute atomic E-state index is 0.00605. The van der Waals surface area contributed by atoms with E-state index in [0.717, 1.165) is 4.68 Å². The summed E-state index contributed by atoms with van der Waals surface area (Å²) in [5.41, 5.74) is -0.807. The summed E-state index contributed by atoms with van der Waals surface area (Å²) in [5, 5.41) is 2.94.